The van der Waals surface area contributed by atoms with Crippen molar-refractivity contribution in [3.8, 4) is 0 Å². The van der Waals surface area contributed by atoms with E-state index >= 15 is 0 Å². The second-order valence-corrected chi connectivity index (χ2v) is 7.19. The van der Waals surface area contributed by atoms with Gasteiger partial charge in [0.2, 0.25) is 0 Å². The van der Waals surface area contributed by atoms with Gasteiger partial charge in [-0.25, -0.2) is 4.79 Å². The maximum absolute atomic E-state index is 11.8. The maximum Gasteiger partial charge on any atom is 0.345 e. The highest BCUT2D eigenvalue weighted by Crippen LogP contribution is 2.65. The number of halogens is 1. The van der Waals surface area contributed by atoms with E-state index < -0.39 is 23.0 Å². The molecule has 0 aromatic carbocycles. The van der Waals surface area contributed by atoms with E-state index in [1.54, 1.807) is 20.8 Å². The minimum Gasteiger partial charge on any atom is -0.481 e. The van der Waals surface area contributed by atoms with Gasteiger partial charge in [-0.05, 0) is 54.6 Å². The molecule has 4 nitrogen and oxygen atoms in total. The summed E-state index contributed by atoms with van der Waals surface area (Å²) in [5.41, 5.74) is -1.90. The zero-order chi connectivity index (χ0) is 14.4. The molecule has 0 saturated heterocycles. The largest absolute Gasteiger partial charge is 0.481 e. The first-order valence-electron chi connectivity index (χ1n) is 5.76. The fourth-order valence-electron chi connectivity index (χ4n) is 1.93. The first kappa shape index (κ1) is 15.2. The molecule has 0 bridgehead atoms. The van der Waals surface area contributed by atoms with E-state index in [4.69, 9.17) is 4.74 Å². The van der Waals surface area contributed by atoms with Gasteiger partial charge in [0, 0.05) is 0 Å². The summed E-state index contributed by atoms with van der Waals surface area (Å²) in [6, 6.07) is 0. The van der Waals surface area contributed by atoms with Crippen LogP contribution in [0.2, 0.25) is 0 Å². The van der Waals surface area contributed by atoms with Crippen LogP contribution in [0.15, 0.2) is 10.6 Å². The molecule has 0 aromatic heterocycles. The van der Waals surface area contributed by atoms with Crippen molar-refractivity contribution < 1.29 is 19.4 Å². The van der Waals surface area contributed by atoms with E-state index in [2.05, 4.69) is 15.9 Å². The Bertz CT molecular complexity index is 417. The van der Waals surface area contributed by atoms with Crippen LogP contribution in [-0.4, -0.2) is 22.6 Å². The molecule has 1 unspecified atom stereocenters. The summed E-state index contributed by atoms with van der Waals surface area (Å²) >= 11 is 3.11. The summed E-state index contributed by atoms with van der Waals surface area (Å²) in [6.07, 6.45) is 1.98. The lowest BCUT2D eigenvalue weighted by Gasteiger charge is -2.20. The SMILES string of the molecule is CC(C)(C)OC(=O)C(Br)=CC1(C(=O)O)CC1(C)C. The quantitative estimate of drug-likeness (QED) is 0.641. The lowest BCUT2D eigenvalue weighted by atomic mass is 9.95. The van der Waals surface area contributed by atoms with E-state index in [1.807, 2.05) is 13.8 Å². The first-order chi connectivity index (χ1) is 7.91. The van der Waals surface area contributed by atoms with Crippen LogP contribution in [0.1, 0.15) is 41.0 Å². The molecule has 1 atom stereocenters. The summed E-state index contributed by atoms with van der Waals surface area (Å²) in [4.78, 5) is 23.1. The molecule has 0 heterocycles. The topological polar surface area (TPSA) is 63.6 Å². The van der Waals surface area contributed by atoms with Crippen molar-refractivity contribution in [3.05, 3.63) is 10.6 Å². The van der Waals surface area contributed by atoms with Crippen LogP contribution in [0.5, 0.6) is 0 Å². The molecule has 0 spiro atoms. The summed E-state index contributed by atoms with van der Waals surface area (Å²) in [6.45, 7) is 9.03. The van der Waals surface area contributed by atoms with Gasteiger partial charge >= 0.3 is 11.9 Å². The van der Waals surface area contributed by atoms with Gasteiger partial charge in [-0.1, -0.05) is 13.8 Å². The van der Waals surface area contributed by atoms with E-state index in [-0.39, 0.29) is 9.90 Å². The van der Waals surface area contributed by atoms with Crippen LogP contribution in [0.4, 0.5) is 0 Å². The Balaban J connectivity index is 2.90. The zero-order valence-electron chi connectivity index (χ0n) is 11.3. The predicted octanol–water partition coefficient (Wildman–Crippen LogP) is 3.11. The lowest BCUT2D eigenvalue weighted by Crippen LogP contribution is -2.25. The third-order valence-electron chi connectivity index (χ3n) is 3.15. The van der Waals surface area contributed by atoms with Crippen LogP contribution < -0.4 is 0 Å². The van der Waals surface area contributed by atoms with Crippen LogP contribution in [0.3, 0.4) is 0 Å². The molecule has 5 heteroatoms. The van der Waals surface area contributed by atoms with Gasteiger partial charge < -0.3 is 9.84 Å². The molecule has 1 saturated carbocycles. The molecule has 1 aliphatic rings. The van der Waals surface area contributed by atoms with Gasteiger partial charge in [-0.15, -0.1) is 0 Å². The van der Waals surface area contributed by atoms with Gasteiger partial charge in [0.05, 0.1) is 9.90 Å². The van der Waals surface area contributed by atoms with Crippen molar-refractivity contribution in [1.82, 2.24) is 0 Å². The Morgan fingerprint density at radius 1 is 1.33 bits per heavy atom. The zero-order valence-corrected chi connectivity index (χ0v) is 12.9. The number of aliphatic carboxylic acids is 1. The number of carboxylic acid groups (broad SMARTS) is 1. The van der Waals surface area contributed by atoms with Gasteiger partial charge in [0.1, 0.15) is 5.60 Å². The number of esters is 1. The van der Waals surface area contributed by atoms with Crippen molar-refractivity contribution in [1.29, 1.82) is 0 Å². The molecule has 102 valence electrons. The van der Waals surface area contributed by atoms with E-state index in [9.17, 15) is 14.7 Å². The minimum atomic E-state index is -0.970. The minimum absolute atomic E-state index is 0.172. The molecular weight excluding hydrogens is 300 g/mol. The van der Waals surface area contributed by atoms with Crippen molar-refractivity contribution in [2.75, 3.05) is 0 Å². The van der Waals surface area contributed by atoms with Crippen molar-refractivity contribution >= 4 is 27.9 Å². The van der Waals surface area contributed by atoms with Crippen molar-refractivity contribution in [3.63, 3.8) is 0 Å². The normalized spacial score (nSPS) is 26.7. The van der Waals surface area contributed by atoms with E-state index in [0.717, 1.165) is 0 Å². The molecule has 0 aliphatic heterocycles. The molecule has 18 heavy (non-hydrogen) atoms. The highest BCUT2D eigenvalue weighted by Gasteiger charge is 2.65. The highest BCUT2D eigenvalue weighted by molar-refractivity contribution is 9.12. The van der Waals surface area contributed by atoms with E-state index in [0.29, 0.717) is 6.42 Å². The molecule has 0 amide bonds. The van der Waals surface area contributed by atoms with E-state index in [1.165, 1.54) is 6.08 Å². The van der Waals surface area contributed by atoms with Gasteiger partial charge in [-0.3, -0.25) is 4.79 Å². The van der Waals surface area contributed by atoms with Crippen LogP contribution in [0, 0.1) is 10.8 Å². The summed E-state index contributed by atoms with van der Waals surface area (Å²) < 4.78 is 5.35. The summed E-state index contributed by atoms with van der Waals surface area (Å²) in [5.74, 6) is -1.45. The van der Waals surface area contributed by atoms with Gasteiger partial charge in [0.15, 0.2) is 0 Å². The molecule has 1 aliphatic carbocycles. The average molecular weight is 319 g/mol. The number of rotatable bonds is 3. The highest BCUT2D eigenvalue weighted by atomic mass is 79.9. The first-order valence-corrected chi connectivity index (χ1v) is 6.56. The molecule has 1 N–H and O–H groups in total. The smallest absolute Gasteiger partial charge is 0.345 e. The monoisotopic (exact) mass is 318 g/mol. The van der Waals surface area contributed by atoms with Crippen molar-refractivity contribution in [2.45, 2.75) is 46.6 Å². The summed E-state index contributed by atoms with van der Waals surface area (Å²) in [5, 5.41) is 9.29. The Labute approximate surface area is 116 Å². The average Bonchev–Trinajstić information content (AvgIpc) is 2.66. The molecular formula is C13H19BrO4. The van der Waals surface area contributed by atoms with Gasteiger partial charge in [0.25, 0.3) is 0 Å². The molecule has 1 rings (SSSR count). The van der Waals surface area contributed by atoms with Crippen molar-refractivity contribution in [2.24, 2.45) is 10.8 Å². The maximum atomic E-state index is 11.8. The number of carboxylic acids is 1. The molecule has 0 aromatic rings. The van der Waals surface area contributed by atoms with Gasteiger partial charge in [-0.2, -0.15) is 0 Å². The lowest BCUT2D eigenvalue weighted by molar-refractivity contribution is -0.148. The number of hydrogen-bond donors (Lipinski definition) is 1. The fraction of sp³-hybridized carbons (Fsp3) is 0.692. The Kier molecular flexibility index (Phi) is 3.69. The van der Waals surface area contributed by atoms with Crippen LogP contribution >= 0.6 is 15.9 Å². The number of carbonyl (C=O) groups excluding carboxylic acids is 1. The Hall–Kier alpha value is -0.840. The molecule has 1 fully saturated rings. The Morgan fingerprint density at radius 3 is 2.06 bits per heavy atom. The second-order valence-electron chi connectivity index (χ2n) is 6.33. The van der Waals surface area contributed by atoms with Crippen LogP contribution in [-0.2, 0) is 14.3 Å². The standard InChI is InChI=1S/C13H19BrO4/c1-11(2,3)18-9(15)8(14)6-13(10(16)17)7-12(13,4)5/h6H,7H2,1-5H3,(H,16,17). The number of carbonyl (C=O) groups is 2. The predicted molar refractivity (Wildman–Crippen MR) is 71.3 cm³/mol. The van der Waals surface area contributed by atoms with Crippen LogP contribution in [0.25, 0.3) is 0 Å². The Morgan fingerprint density at radius 2 is 1.78 bits per heavy atom. The fourth-order valence-corrected chi connectivity index (χ4v) is 2.40. The number of ether oxygens (including phenoxy) is 1. The molecule has 0 radical (unpaired) electrons. The second kappa shape index (κ2) is 4.37. The number of hydrogen-bond acceptors (Lipinski definition) is 3. The third kappa shape index (κ3) is 2.94. The summed E-state index contributed by atoms with van der Waals surface area (Å²) in [7, 11) is 0. The third-order valence-corrected chi connectivity index (χ3v) is 3.70.